The van der Waals surface area contributed by atoms with Crippen molar-refractivity contribution >= 4 is 27.9 Å². The molecule has 8 heteroatoms. The number of carbonyl (C=O) groups excluding carboxylic acids is 1. The van der Waals surface area contributed by atoms with Crippen molar-refractivity contribution in [3.63, 3.8) is 0 Å². The third-order valence-corrected chi connectivity index (χ3v) is 4.64. The van der Waals surface area contributed by atoms with E-state index >= 15 is 0 Å². The fourth-order valence-electron chi connectivity index (χ4n) is 2.15. The zero-order valence-electron chi connectivity index (χ0n) is 11.8. The second-order valence-corrected chi connectivity index (χ2v) is 6.81. The molecule has 0 saturated carbocycles. The van der Waals surface area contributed by atoms with Crippen molar-refractivity contribution in [2.24, 2.45) is 0 Å². The van der Waals surface area contributed by atoms with E-state index in [0.717, 1.165) is 19.3 Å². The van der Waals surface area contributed by atoms with E-state index in [4.69, 9.17) is 20.5 Å². The van der Waals surface area contributed by atoms with Crippen LogP contribution in [-0.4, -0.2) is 38.5 Å². The van der Waals surface area contributed by atoms with Crippen LogP contribution in [0, 0.1) is 0 Å². The summed E-state index contributed by atoms with van der Waals surface area (Å²) in [5, 5.41) is -0.442. The monoisotopic (exact) mass is 327 g/mol. The highest BCUT2D eigenvalue weighted by molar-refractivity contribution is 7.84. The van der Waals surface area contributed by atoms with Crippen molar-refractivity contribution in [2.45, 2.75) is 63.5 Å². The summed E-state index contributed by atoms with van der Waals surface area (Å²) in [5.74, 6) is -0.460. The average molecular weight is 328 g/mol. The number of nitrogens with one attached hydrogen (secondary N) is 1. The Kier molecular flexibility index (Phi) is 7.22. The third-order valence-electron chi connectivity index (χ3n) is 3.11. The van der Waals surface area contributed by atoms with Gasteiger partial charge in [0.25, 0.3) is 0 Å². The highest BCUT2D eigenvalue weighted by Gasteiger charge is 2.36. The van der Waals surface area contributed by atoms with Gasteiger partial charge in [-0.25, -0.2) is 0 Å². The van der Waals surface area contributed by atoms with E-state index in [9.17, 15) is 13.2 Å². The summed E-state index contributed by atoms with van der Waals surface area (Å²) in [6, 6.07) is -0.662. The standard InChI is InChI=1S/C12H22ClNO5S/c1-3-4-5-6-10(13)12-11(19-9(2)15)7-8-18-20(16,17)14-12/h10-12,14H,3-8H2,1-2H3/t10-,11+,12?/m0/s1. The molecule has 0 aromatic rings. The van der Waals surface area contributed by atoms with Crippen LogP contribution in [-0.2, 0) is 24.0 Å². The Morgan fingerprint density at radius 2 is 2.20 bits per heavy atom. The van der Waals surface area contributed by atoms with E-state index in [2.05, 4.69) is 11.6 Å². The van der Waals surface area contributed by atoms with Gasteiger partial charge in [-0.05, 0) is 6.42 Å². The van der Waals surface area contributed by atoms with Crippen molar-refractivity contribution < 1.29 is 22.1 Å². The lowest BCUT2D eigenvalue weighted by atomic mass is 10.0. The van der Waals surface area contributed by atoms with Crippen molar-refractivity contribution in [1.82, 2.24) is 4.72 Å². The van der Waals surface area contributed by atoms with E-state index in [1.165, 1.54) is 6.92 Å². The minimum Gasteiger partial charge on any atom is -0.461 e. The van der Waals surface area contributed by atoms with Crippen LogP contribution in [0.5, 0.6) is 0 Å². The molecule has 0 aromatic heterocycles. The molecule has 0 amide bonds. The topological polar surface area (TPSA) is 81.7 Å². The van der Waals surface area contributed by atoms with Gasteiger partial charge < -0.3 is 4.74 Å². The van der Waals surface area contributed by atoms with Crippen LogP contribution >= 0.6 is 11.6 Å². The third kappa shape index (κ3) is 5.95. The molecule has 0 radical (unpaired) electrons. The molecule has 1 heterocycles. The van der Waals surface area contributed by atoms with E-state index in [1.54, 1.807) is 0 Å². The lowest BCUT2D eigenvalue weighted by molar-refractivity contribution is -0.148. The predicted molar refractivity (Wildman–Crippen MR) is 75.7 cm³/mol. The Labute approximate surface area is 125 Å². The molecule has 1 unspecified atom stereocenters. The van der Waals surface area contributed by atoms with Crippen LogP contribution < -0.4 is 4.72 Å². The Hall–Kier alpha value is -0.370. The van der Waals surface area contributed by atoms with Crippen molar-refractivity contribution in [2.75, 3.05) is 6.61 Å². The van der Waals surface area contributed by atoms with Crippen LogP contribution in [0.2, 0.25) is 0 Å². The molecule has 3 atom stereocenters. The molecule has 1 aliphatic heterocycles. The Bertz CT molecular complexity index is 414. The van der Waals surface area contributed by atoms with Crippen molar-refractivity contribution in [3.8, 4) is 0 Å². The average Bonchev–Trinajstić information content (AvgIpc) is 2.48. The Balaban J connectivity index is 2.77. The maximum absolute atomic E-state index is 11.6. The number of halogens is 1. The molecule has 1 saturated heterocycles. The minimum absolute atomic E-state index is 0.0254. The maximum Gasteiger partial charge on any atom is 0.336 e. The Morgan fingerprint density at radius 1 is 1.50 bits per heavy atom. The molecular weight excluding hydrogens is 306 g/mol. The summed E-state index contributed by atoms with van der Waals surface area (Å²) in [4.78, 5) is 11.1. The first-order valence-electron chi connectivity index (χ1n) is 6.83. The first kappa shape index (κ1) is 17.7. The van der Waals surface area contributed by atoms with E-state index in [0.29, 0.717) is 12.8 Å². The van der Waals surface area contributed by atoms with Crippen LogP contribution in [0.3, 0.4) is 0 Å². The smallest absolute Gasteiger partial charge is 0.336 e. The minimum atomic E-state index is -3.84. The SMILES string of the molecule is CCCCC[C@H](Cl)C1NS(=O)(=O)OCC[C@H]1OC(C)=O. The summed E-state index contributed by atoms with van der Waals surface area (Å²) in [6.45, 7) is 3.34. The summed E-state index contributed by atoms with van der Waals surface area (Å²) in [6.07, 6.45) is 3.33. The van der Waals surface area contributed by atoms with Gasteiger partial charge in [0, 0.05) is 13.3 Å². The molecule has 118 valence electrons. The lowest BCUT2D eigenvalue weighted by Crippen LogP contribution is -2.48. The highest BCUT2D eigenvalue weighted by atomic mass is 35.5. The largest absolute Gasteiger partial charge is 0.461 e. The van der Waals surface area contributed by atoms with E-state index in [-0.39, 0.29) is 6.61 Å². The van der Waals surface area contributed by atoms with Crippen molar-refractivity contribution in [1.29, 1.82) is 0 Å². The summed E-state index contributed by atoms with van der Waals surface area (Å²) in [5.41, 5.74) is 0. The number of esters is 1. The van der Waals surface area contributed by atoms with Gasteiger partial charge in [-0.2, -0.15) is 13.1 Å². The van der Waals surface area contributed by atoms with Gasteiger partial charge in [-0.15, -0.1) is 11.6 Å². The van der Waals surface area contributed by atoms with Gasteiger partial charge in [0.2, 0.25) is 0 Å². The summed E-state index contributed by atoms with van der Waals surface area (Å²) in [7, 11) is -3.84. The number of rotatable bonds is 6. The van der Waals surface area contributed by atoms with Crippen molar-refractivity contribution in [3.05, 3.63) is 0 Å². The highest BCUT2D eigenvalue weighted by Crippen LogP contribution is 2.22. The quantitative estimate of drug-likeness (QED) is 0.456. The van der Waals surface area contributed by atoms with Gasteiger partial charge >= 0.3 is 16.3 Å². The molecule has 6 nitrogen and oxygen atoms in total. The van der Waals surface area contributed by atoms with Gasteiger partial charge in [-0.3, -0.25) is 8.98 Å². The normalized spacial score (nSPS) is 27.6. The van der Waals surface area contributed by atoms with E-state index < -0.39 is 33.8 Å². The zero-order chi connectivity index (χ0) is 15.2. The molecule has 1 fully saturated rings. The summed E-state index contributed by atoms with van der Waals surface area (Å²) < 4.78 is 35.5. The van der Waals surface area contributed by atoms with Crippen LogP contribution in [0.4, 0.5) is 0 Å². The first-order valence-corrected chi connectivity index (χ1v) is 8.68. The van der Waals surface area contributed by atoms with Gasteiger partial charge in [0.15, 0.2) is 0 Å². The van der Waals surface area contributed by atoms with E-state index in [1.807, 2.05) is 0 Å². The number of unbranched alkanes of at least 4 members (excludes halogenated alkanes) is 2. The lowest BCUT2D eigenvalue weighted by Gasteiger charge is -2.27. The maximum atomic E-state index is 11.6. The van der Waals surface area contributed by atoms with Crippen LogP contribution in [0.1, 0.15) is 46.0 Å². The molecule has 0 aliphatic carbocycles. The molecule has 1 aliphatic rings. The molecule has 1 rings (SSSR count). The molecule has 0 bridgehead atoms. The first-order chi connectivity index (χ1) is 9.35. The predicted octanol–water partition coefficient (Wildman–Crippen LogP) is 1.73. The van der Waals surface area contributed by atoms with Gasteiger partial charge in [0.1, 0.15) is 6.10 Å². The van der Waals surface area contributed by atoms with Crippen LogP contribution in [0.25, 0.3) is 0 Å². The summed E-state index contributed by atoms with van der Waals surface area (Å²) >= 11 is 6.30. The molecule has 0 spiro atoms. The van der Waals surface area contributed by atoms with Gasteiger partial charge in [-0.1, -0.05) is 26.2 Å². The van der Waals surface area contributed by atoms with Gasteiger partial charge in [0.05, 0.1) is 18.0 Å². The molecular formula is C12H22ClNO5S. The second kappa shape index (κ2) is 8.17. The zero-order valence-corrected chi connectivity index (χ0v) is 13.4. The molecule has 1 N–H and O–H groups in total. The number of ether oxygens (including phenoxy) is 1. The number of hydrogen-bond donors (Lipinski definition) is 1. The number of alkyl halides is 1. The molecule has 20 heavy (non-hydrogen) atoms. The fourth-order valence-corrected chi connectivity index (χ4v) is 3.64. The number of carbonyl (C=O) groups is 1. The molecule has 0 aromatic carbocycles. The fraction of sp³-hybridized carbons (Fsp3) is 0.917. The Morgan fingerprint density at radius 3 is 2.80 bits per heavy atom. The second-order valence-electron chi connectivity index (χ2n) is 4.87. The van der Waals surface area contributed by atoms with Crippen LogP contribution in [0.15, 0.2) is 0 Å². The number of hydrogen-bond acceptors (Lipinski definition) is 5.